The molecule has 0 saturated heterocycles. The Kier molecular flexibility index (Phi) is 8.85. The molecule has 3 aromatic rings. The first kappa shape index (κ1) is 25.3. The van der Waals surface area contributed by atoms with Gasteiger partial charge in [0.05, 0.1) is 33.9 Å². The summed E-state index contributed by atoms with van der Waals surface area (Å²) in [7, 11) is 0. The smallest absolute Gasteiger partial charge is 0.872 e. The number of carbonyl (C=O) groups excluding carboxylic acids is 2. The van der Waals surface area contributed by atoms with Gasteiger partial charge in [0.1, 0.15) is 0 Å². The van der Waals surface area contributed by atoms with E-state index in [2.05, 4.69) is 26.0 Å². The summed E-state index contributed by atoms with van der Waals surface area (Å²) < 4.78 is 0. The van der Waals surface area contributed by atoms with Crippen molar-refractivity contribution in [3.63, 3.8) is 0 Å². The van der Waals surface area contributed by atoms with Crippen molar-refractivity contribution in [1.82, 2.24) is 15.8 Å². The predicted molar refractivity (Wildman–Crippen MR) is 119 cm³/mol. The minimum absolute atomic E-state index is 0. The molecule has 4 N–H and O–H groups in total. The Balaban J connectivity index is 0.00000385. The molecule has 0 unspecified atom stereocenters. The van der Waals surface area contributed by atoms with E-state index in [0.717, 1.165) is 0 Å². The van der Waals surface area contributed by atoms with Crippen LogP contribution in [0.4, 0.5) is 0 Å². The van der Waals surface area contributed by atoms with E-state index in [9.17, 15) is 19.8 Å². The average molecular weight is 487 g/mol. The molecule has 3 rings (SSSR count). The fraction of sp³-hybridized carbons (Fsp3) is 0.0870. The first-order chi connectivity index (χ1) is 15.4. The van der Waals surface area contributed by atoms with Gasteiger partial charge >= 0.3 is 28.9 Å². The largest absolute Gasteiger partial charge is 2.00 e. The van der Waals surface area contributed by atoms with E-state index in [0.29, 0.717) is 22.8 Å². The van der Waals surface area contributed by atoms with Crippen LogP contribution in [-0.4, -0.2) is 37.8 Å². The molecule has 0 aliphatic carbocycles. The molecule has 33 heavy (non-hydrogen) atoms. The Labute approximate surface area is 200 Å². The molecule has 0 aliphatic rings. The van der Waals surface area contributed by atoms with Crippen molar-refractivity contribution in [2.24, 2.45) is 10.2 Å². The van der Waals surface area contributed by atoms with Crippen LogP contribution in [0.3, 0.4) is 0 Å². The van der Waals surface area contributed by atoms with Gasteiger partial charge in [-0.1, -0.05) is 54.0 Å². The Morgan fingerprint density at radius 3 is 1.48 bits per heavy atom. The number of nitrogens with one attached hydrogen (secondary N) is 2. The van der Waals surface area contributed by atoms with Gasteiger partial charge in [0, 0.05) is 0 Å². The Bertz CT molecular complexity index is 1140. The second kappa shape index (κ2) is 11.6. The molecule has 0 atom stereocenters. The van der Waals surface area contributed by atoms with Gasteiger partial charge < -0.3 is 10.2 Å². The molecular formula is C23H21FeN5O4+2. The molecular weight excluding hydrogens is 466 g/mol. The van der Waals surface area contributed by atoms with E-state index < -0.39 is 0 Å². The molecule has 168 valence electrons. The van der Waals surface area contributed by atoms with E-state index in [-0.39, 0.29) is 51.5 Å². The first-order valence-corrected chi connectivity index (χ1v) is 9.60. The number of hydrazone groups is 2. The third kappa shape index (κ3) is 6.49. The van der Waals surface area contributed by atoms with Crippen molar-refractivity contribution in [2.45, 2.75) is 13.8 Å². The summed E-state index contributed by atoms with van der Waals surface area (Å²) >= 11 is 0. The number of nitrogens with zero attached hydrogens (tertiary/aromatic N) is 3. The molecule has 0 fully saturated rings. The van der Waals surface area contributed by atoms with Crippen molar-refractivity contribution in [3.05, 3.63) is 89.2 Å². The topological polar surface area (TPSA) is 151 Å². The average Bonchev–Trinajstić information content (AvgIpc) is 2.81. The zero-order valence-corrected chi connectivity index (χ0v) is 18.9. The fourth-order valence-electron chi connectivity index (χ4n) is 2.67. The van der Waals surface area contributed by atoms with Crippen molar-refractivity contribution >= 4 is 23.2 Å². The third-order valence-corrected chi connectivity index (χ3v) is 4.43. The number of hydrogen-bond acceptors (Lipinski definition) is 5. The van der Waals surface area contributed by atoms with Crippen LogP contribution >= 0.6 is 0 Å². The molecule has 2 amide bonds. The molecule has 0 aliphatic heterocycles. The summed E-state index contributed by atoms with van der Waals surface area (Å²) in [6.45, 7) is 3.37. The molecule has 9 nitrogen and oxygen atoms in total. The van der Waals surface area contributed by atoms with Crippen LogP contribution in [-0.2, 0) is 17.1 Å². The molecule has 10 heteroatoms. The number of pyridine rings is 1. The van der Waals surface area contributed by atoms with E-state index in [1.807, 2.05) is 0 Å². The Morgan fingerprint density at radius 1 is 0.697 bits per heavy atom. The van der Waals surface area contributed by atoms with Crippen LogP contribution in [0.2, 0.25) is 0 Å². The first-order valence-electron chi connectivity index (χ1n) is 9.60. The van der Waals surface area contributed by atoms with Gasteiger partial charge in [-0.3, -0.25) is 9.59 Å². The summed E-state index contributed by atoms with van der Waals surface area (Å²) in [4.78, 5) is 24.6. The monoisotopic (exact) mass is 487 g/mol. The van der Waals surface area contributed by atoms with E-state index in [1.54, 1.807) is 56.3 Å². The summed E-state index contributed by atoms with van der Waals surface area (Å²) in [6.07, 6.45) is 0. The third-order valence-electron chi connectivity index (χ3n) is 4.43. The molecule has 1 heterocycles. The maximum atomic E-state index is 11.8. The molecule has 0 radical (unpaired) electrons. The van der Waals surface area contributed by atoms with Crippen molar-refractivity contribution in [3.8, 4) is 11.5 Å². The minimum atomic E-state index is -0.363. The standard InChI is InChI=1S/C23H21N5O4.Fe/c1-14(25-27-22(31)16-8-3-5-12-20(16)29)18-10-7-11-19(24-18)15(2)26-28-23(32)17-9-4-6-13-21(17)30;/h3-13,29-30H,1-2H3,(H,27,31)(H,28,32);/q;+2. The maximum Gasteiger partial charge on any atom is 2.00 e. The number of rotatable bonds is 6. The number of para-hydroxylation sites is 2. The van der Waals surface area contributed by atoms with Crippen LogP contribution in [0.1, 0.15) is 36.4 Å². The van der Waals surface area contributed by atoms with Gasteiger partial charge in [-0.05, 0) is 38.1 Å². The van der Waals surface area contributed by atoms with Crippen LogP contribution < -0.4 is 21.1 Å². The SMILES string of the molecule is CC(=NNC(=[OH+])c1ccccc1[O-])c1cccc(C(C)=NNC(=[OH+])c2ccccc2[O-])n1.[Fe+2]. The number of amides is 2. The minimum Gasteiger partial charge on any atom is -0.872 e. The molecule has 1 aromatic heterocycles. The predicted octanol–water partition coefficient (Wildman–Crippen LogP) is 0.955. The molecule has 0 bridgehead atoms. The number of benzene rings is 2. The van der Waals surface area contributed by atoms with E-state index in [1.165, 1.54) is 24.3 Å². The van der Waals surface area contributed by atoms with Gasteiger partial charge in [0.25, 0.3) is 0 Å². The van der Waals surface area contributed by atoms with Crippen LogP contribution in [0, 0.1) is 0 Å². The second-order valence-corrected chi connectivity index (χ2v) is 6.72. The van der Waals surface area contributed by atoms with Crippen LogP contribution in [0.5, 0.6) is 11.5 Å². The quantitative estimate of drug-likeness (QED) is 0.231. The van der Waals surface area contributed by atoms with Crippen molar-refractivity contribution < 1.29 is 36.9 Å². The van der Waals surface area contributed by atoms with E-state index in [4.69, 9.17) is 0 Å². The van der Waals surface area contributed by atoms with Crippen LogP contribution in [0.25, 0.3) is 0 Å². The Morgan fingerprint density at radius 2 is 1.09 bits per heavy atom. The molecule has 0 saturated carbocycles. The zero-order valence-electron chi connectivity index (χ0n) is 17.8. The van der Waals surface area contributed by atoms with Crippen LogP contribution in [0.15, 0.2) is 76.9 Å². The summed E-state index contributed by atoms with van der Waals surface area (Å²) in [5.41, 5.74) is 7.06. The number of hydrogen-bond donors (Lipinski definition) is 2. The zero-order chi connectivity index (χ0) is 23.1. The maximum absolute atomic E-state index is 11.8. The van der Waals surface area contributed by atoms with Crippen molar-refractivity contribution in [1.29, 1.82) is 0 Å². The summed E-state index contributed by atoms with van der Waals surface area (Å²) in [5, 5.41) is 31.7. The second-order valence-electron chi connectivity index (χ2n) is 6.72. The van der Waals surface area contributed by atoms with Gasteiger partial charge in [-0.2, -0.15) is 21.1 Å². The molecule has 2 aromatic carbocycles. The molecule has 0 spiro atoms. The summed E-state index contributed by atoms with van der Waals surface area (Å²) in [6, 6.07) is 17.3. The van der Waals surface area contributed by atoms with Gasteiger partial charge in [-0.15, -0.1) is 0 Å². The van der Waals surface area contributed by atoms with Gasteiger partial charge in [-0.25, -0.2) is 4.98 Å². The fourth-order valence-corrected chi connectivity index (χ4v) is 2.67. The summed E-state index contributed by atoms with van der Waals surface area (Å²) in [5.74, 6) is -1.38. The van der Waals surface area contributed by atoms with Gasteiger partial charge in [0.15, 0.2) is 0 Å². The van der Waals surface area contributed by atoms with Crippen molar-refractivity contribution in [2.75, 3.05) is 0 Å². The van der Waals surface area contributed by atoms with E-state index >= 15 is 0 Å². The Hall–Kier alpha value is -4.01. The number of aromatic nitrogens is 1. The van der Waals surface area contributed by atoms with Gasteiger partial charge in [0.2, 0.25) is 0 Å². The normalized spacial score (nSPS) is 11.3.